The molecule has 32 heavy (non-hydrogen) atoms. The molecule has 1 N–H and O–H groups in total. The zero-order valence-corrected chi connectivity index (χ0v) is 17.6. The lowest BCUT2D eigenvalue weighted by Gasteiger charge is -2.70. The van der Waals surface area contributed by atoms with Crippen molar-refractivity contribution in [2.75, 3.05) is 6.61 Å². The van der Waals surface area contributed by atoms with Crippen molar-refractivity contribution in [1.29, 1.82) is 0 Å². The summed E-state index contributed by atoms with van der Waals surface area (Å²) in [5, 5.41) is 3.19. The van der Waals surface area contributed by atoms with Crippen molar-refractivity contribution < 1.29 is 31.8 Å². The van der Waals surface area contributed by atoms with E-state index in [2.05, 4.69) is 15.0 Å². The number of carbonyl (C=O) groups excluding carboxylic acids is 1. The second-order valence-electron chi connectivity index (χ2n) is 8.97. The predicted molar refractivity (Wildman–Crippen MR) is 105 cm³/mol. The molecule has 0 saturated heterocycles. The van der Waals surface area contributed by atoms with E-state index in [1.165, 1.54) is 6.07 Å². The van der Waals surface area contributed by atoms with Gasteiger partial charge in [0.15, 0.2) is 5.79 Å². The van der Waals surface area contributed by atoms with Crippen LogP contribution in [0.2, 0.25) is 5.02 Å². The van der Waals surface area contributed by atoms with Gasteiger partial charge in [-0.05, 0) is 43.9 Å². The molecule has 6 rings (SSSR count). The van der Waals surface area contributed by atoms with E-state index < -0.39 is 36.0 Å². The average Bonchev–Trinajstić information content (AvgIpc) is 3.07. The van der Waals surface area contributed by atoms with Gasteiger partial charge >= 0.3 is 6.36 Å². The molecule has 1 aromatic heterocycles. The average molecular weight is 474 g/mol. The summed E-state index contributed by atoms with van der Waals surface area (Å²) in [5.41, 5.74) is 0.252. The topological polar surface area (TPSA) is 65.4 Å². The van der Waals surface area contributed by atoms with Crippen LogP contribution in [0.15, 0.2) is 30.7 Å². The molecule has 1 aromatic carbocycles. The molecule has 4 aliphatic carbocycles. The van der Waals surface area contributed by atoms with Crippen LogP contribution in [0.3, 0.4) is 0 Å². The first-order valence-electron chi connectivity index (χ1n) is 10.2. The summed E-state index contributed by atoms with van der Waals surface area (Å²) in [5.74, 6) is -2.67. The minimum atomic E-state index is -4.81. The third-order valence-corrected chi connectivity index (χ3v) is 6.86. The minimum absolute atomic E-state index is 0.102. The molecule has 4 aliphatic rings. The van der Waals surface area contributed by atoms with Gasteiger partial charge in [0.2, 0.25) is 5.91 Å². The third kappa shape index (κ3) is 3.78. The first kappa shape index (κ1) is 21.7. The monoisotopic (exact) mass is 473 g/mol. The van der Waals surface area contributed by atoms with Crippen LogP contribution in [0.4, 0.5) is 17.6 Å². The maximum absolute atomic E-state index is 14.2. The Bertz CT molecular complexity index is 1050. The fraction of sp³-hybridized carbons (Fsp3) is 0.524. The number of rotatable bonds is 7. The lowest BCUT2D eigenvalue weighted by Crippen LogP contribution is -2.78. The standard InChI is InChI=1S/C21H20ClF4N3O3/c22-13-2-3-14(15(23)6-13)16-7-29(12-27-16)19-9-18(10-19,11-19)28-17(30)8-31-20(4-1-5-20)32-21(24,25)26/h2-3,6-7,12H,1,4-5,8-11H2,(H,28,30). The summed E-state index contributed by atoms with van der Waals surface area (Å²) in [6.45, 7) is -0.490. The minimum Gasteiger partial charge on any atom is -0.348 e. The van der Waals surface area contributed by atoms with Gasteiger partial charge in [-0.1, -0.05) is 11.6 Å². The molecular weight excluding hydrogens is 454 g/mol. The molecule has 0 spiro atoms. The Morgan fingerprint density at radius 1 is 1.25 bits per heavy atom. The number of benzene rings is 1. The van der Waals surface area contributed by atoms with Gasteiger partial charge in [0, 0.05) is 35.2 Å². The molecule has 11 heteroatoms. The van der Waals surface area contributed by atoms with Crippen LogP contribution in [0.5, 0.6) is 0 Å². The van der Waals surface area contributed by atoms with Crippen molar-refractivity contribution in [3.63, 3.8) is 0 Å². The smallest absolute Gasteiger partial charge is 0.348 e. The SMILES string of the molecule is O=C(COC1(OC(F)(F)F)CCC1)NC12CC(n3cnc(-c4ccc(Cl)cc4F)c3)(C1)C2. The highest BCUT2D eigenvalue weighted by Crippen LogP contribution is 2.65. The summed E-state index contributed by atoms with van der Waals surface area (Å²) < 4.78 is 63.0. The van der Waals surface area contributed by atoms with Gasteiger partial charge in [0.05, 0.1) is 17.6 Å². The summed E-state index contributed by atoms with van der Waals surface area (Å²) >= 11 is 5.80. The largest absolute Gasteiger partial charge is 0.524 e. The second-order valence-corrected chi connectivity index (χ2v) is 9.41. The fourth-order valence-corrected chi connectivity index (χ4v) is 5.20. The van der Waals surface area contributed by atoms with Crippen molar-refractivity contribution in [3.8, 4) is 11.3 Å². The Balaban J connectivity index is 1.15. The summed E-state index contributed by atoms with van der Waals surface area (Å²) in [6.07, 6.45) is 1.35. The normalized spacial score (nSPS) is 27.8. The Hall–Kier alpha value is -2.17. The molecular formula is C21H20ClF4N3O3. The van der Waals surface area contributed by atoms with E-state index in [4.69, 9.17) is 16.3 Å². The highest BCUT2D eigenvalue weighted by atomic mass is 35.5. The first-order valence-corrected chi connectivity index (χ1v) is 10.6. The van der Waals surface area contributed by atoms with Gasteiger partial charge in [-0.3, -0.25) is 9.53 Å². The van der Waals surface area contributed by atoms with E-state index >= 15 is 0 Å². The Kier molecular flexibility index (Phi) is 4.85. The number of aromatic nitrogens is 2. The lowest BCUT2D eigenvalue weighted by molar-refractivity contribution is -0.432. The molecule has 0 atom stereocenters. The summed E-state index contributed by atoms with van der Waals surface area (Å²) in [6, 6.07) is 4.41. The van der Waals surface area contributed by atoms with Crippen LogP contribution in [0.25, 0.3) is 11.3 Å². The Labute approximate surface area is 185 Å². The molecule has 0 radical (unpaired) electrons. The molecule has 0 unspecified atom stereocenters. The number of amides is 1. The molecule has 172 valence electrons. The quantitative estimate of drug-likeness (QED) is 0.474. The van der Waals surface area contributed by atoms with Crippen LogP contribution >= 0.6 is 11.6 Å². The highest BCUT2D eigenvalue weighted by Gasteiger charge is 2.69. The molecule has 6 nitrogen and oxygen atoms in total. The van der Waals surface area contributed by atoms with Crippen LogP contribution in [-0.2, 0) is 19.8 Å². The fourth-order valence-electron chi connectivity index (χ4n) is 5.04. The van der Waals surface area contributed by atoms with Crippen molar-refractivity contribution in [2.24, 2.45) is 0 Å². The van der Waals surface area contributed by atoms with Crippen LogP contribution in [0, 0.1) is 5.82 Å². The van der Waals surface area contributed by atoms with Crippen molar-refractivity contribution in [2.45, 2.75) is 61.8 Å². The van der Waals surface area contributed by atoms with Gasteiger partial charge in [0.1, 0.15) is 12.4 Å². The number of carbonyl (C=O) groups is 1. The number of ether oxygens (including phenoxy) is 2. The number of hydrogen-bond donors (Lipinski definition) is 1. The van der Waals surface area contributed by atoms with Crippen molar-refractivity contribution in [1.82, 2.24) is 14.9 Å². The number of imidazole rings is 1. The number of nitrogens with one attached hydrogen (secondary N) is 1. The molecule has 4 fully saturated rings. The zero-order valence-electron chi connectivity index (χ0n) is 16.8. The first-order chi connectivity index (χ1) is 15.0. The number of halogens is 5. The van der Waals surface area contributed by atoms with Gasteiger partial charge in [-0.2, -0.15) is 0 Å². The molecule has 4 saturated carbocycles. The molecule has 0 aliphatic heterocycles. The van der Waals surface area contributed by atoms with Crippen LogP contribution in [-0.4, -0.2) is 39.8 Å². The molecule has 2 aromatic rings. The van der Waals surface area contributed by atoms with Crippen molar-refractivity contribution in [3.05, 3.63) is 41.6 Å². The van der Waals surface area contributed by atoms with E-state index in [1.54, 1.807) is 24.7 Å². The number of alkyl halides is 3. The van der Waals surface area contributed by atoms with E-state index in [1.807, 2.05) is 4.57 Å². The third-order valence-electron chi connectivity index (χ3n) is 6.63. The number of hydrogen-bond acceptors (Lipinski definition) is 4. The van der Waals surface area contributed by atoms with Crippen LogP contribution in [0.1, 0.15) is 38.5 Å². The van der Waals surface area contributed by atoms with E-state index in [0.29, 0.717) is 42.0 Å². The van der Waals surface area contributed by atoms with Gasteiger partial charge in [-0.25, -0.2) is 9.37 Å². The highest BCUT2D eigenvalue weighted by molar-refractivity contribution is 6.30. The maximum atomic E-state index is 14.2. The Morgan fingerprint density at radius 3 is 2.56 bits per heavy atom. The zero-order chi connectivity index (χ0) is 22.8. The van der Waals surface area contributed by atoms with Crippen LogP contribution < -0.4 is 5.32 Å². The summed E-state index contributed by atoms with van der Waals surface area (Å²) in [7, 11) is 0. The second kappa shape index (κ2) is 7.16. The van der Waals surface area contributed by atoms with Crippen molar-refractivity contribution >= 4 is 17.5 Å². The lowest BCUT2D eigenvalue weighted by atomic mass is 9.44. The molecule has 1 amide bonds. The maximum Gasteiger partial charge on any atom is 0.524 e. The summed E-state index contributed by atoms with van der Waals surface area (Å²) in [4.78, 5) is 16.6. The number of nitrogens with zero attached hydrogens (tertiary/aromatic N) is 2. The molecule has 1 heterocycles. The van der Waals surface area contributed by atoms with Gasteiger partial charge in [-0.15, -0.1) is 13.2 Å². The van der Waals surface area contributed by atoms with Gasteiger partial charge < -0.3 is 14.6 Å². The Morgan fingerprint density at radius 2 is 1.97 bits per heavy atom. The van der Waals surface area contributed by atoms with E-state index in [9.17, 15) is 22.4 Å². The van der Waals surface area contributed by atoms with E-state index in [0.717, 1.165) is 0 Å². The molecule has 2 bridgehead atoms. The predicted octanol–water partition coefficient (Wildman–Crippen LogP) is 4.52. The van der Waals surface area contributed by atoms with Gasteiger partial charge in [0.25, 0.3) is 0 Å². The van der Waals surface area contributed by atoms with E-state index in [-0.39, 0.29) is 18.4 Å².